The van der Waals surface area contributed by atoms with Crippen LogP contribution in [0.15, 0.2) is 42.5 Å². The minimum Gasteiger partial charge on any atom is -0.271 e. The normalized spacial score (nSPS) is 12.7. The molecule has 2 rings (SSSR count). The zero-order valence-corrected chi connectivity index (χ0v) is 13.0. The molecule has 0 heterocycles. The van der Waals surface area contributed by atoms with Crippen LogP contribution in [-0.2, 0) is 6.42 Å². The Morgan fingerprint density at radius 3 is 2.24 bits per heavy atom. The van der Waals surface area contributed by atoms with Crippen molar-refractivity contribution in [3.63, 3.8) is 0 Å². The Morgan fingerprint density at radius 1 is 1.10 bits per heavy atom. The molecule has 3 N–H and O–H groups in total. The molecule has 2 aromatic carbocycles. The predicted molar refractivity (Wildman–Crippen MR) is 85.7 cm³/mol. The van der Waals surface area contributed by atoms with Crippen molar-refractivity contribution in [3.05, 3.63) is 70.0 Å². The molecule has 1 unspecified atom stereocenters. The van der Waals surface area contributed by atoms with E-state index in [2.05, 4.69) is 31.4 Å². The van der Waals surface area contributed by atoms with Crippen molar-refractivity contribution in [2.75, 3.05) is 0 Å². The van der Waals surface area contributed by atoms with Gasteiger partial charge in [0.1, 0.15) is 5.82 Å². The van der Waals surface area contributed by atoms with Crippen molar-refractivity contribution in [2.24, 2.45) is 5.84 Å². The Morgan fingerprint density at radius 2 is 1.71 bits per heavy atom. The van der Waals surface area contributed by atoms with E-state index in [1.807, 2.05) is 12.1 Å². The minimum atomic E-state index is -0.304. The summed E-state index contributed by atoms with van der Waals surface area (Å²) in [7, 11) is 0. The van der Waals surface area contributed by atoms with E-state index in [0.717, 1.165) is 5.56 Å². The second-order valence-corrected chi connectivity index (χ2v) is 5.92. The van der Waals surface area contributed by atoms with Gasteiger partial charge in [0.2, 0.25) is 0 Å². The Balaban J connectivity index is 2.19. The van der Waals surface area contributed by atoms with Gasteiger partial charge in [0, 0.05) is 5.02 Å². The molecule has 0 amide bonds. The van der Waals surface area contributed by atoms with E-state index in [4.69, 9.17) is 17.4 Å². The Bertz CT molecular complexity index is 596. The molecule has 2 nitrogen and oxygen atoms in total. The van der Waals surface area contributed by atoms with Crippen molar-refractivity contribution >= 4 is 11.6 Å². The first-order chi connectivity index (χ1) is 10.0. The van der Waals surface area contributed by atoms with E-state index < -0.39 is 0 Å². The van der Waals surface area contributed by atoms with E-state index in [-0.39, 0.29) is 11.9 Å². The van der Waals surface area contributed by atoms with Gasteiger partial charge in [-0.1, -0.05) is 55.8 Å². The number of nitrogens with two attached hydrogens (primary N) is 1. The highest BCUT2D eigenvalue weighted by atomic mass is 35.5. The van der Waals surface area contributed by atoms with E-state index >= 15 is 0 Å². The van der Waals surface area contributed by atoms with Gasteiger partial charge in [0.25, 0.3) is 0 Å². The molecule has 0 aliphatic rings. The molecule has 1 atom stereocenters. The lowest BCUT2D eigenvalue weighted by Gasteiger charge is -2.18. The van der Waals surface area contributed by atoms with Crippen LogP contribution < -0.4 is 11.3 Å². The van der Waals surface area contributed by atoms with E-state index in [1.54, 1.807) is 12.1 Å². The average Bonchev–Trinajstić information content (AvgIpc) is 2.47. The maximum Gasteiger partial charge on any atom is 0.127 e. The summed E-state index contributed by atoms with van der Waals surface area (Å²) in [6.07, 6.45) is 0.473. The van der Waals surface area contributed by atoms with Gasteiger partial charge >= 0.3 is 0 Å². The average molecular weight is 307 g/mol. The molecule has 0 bridgehead atoms. The molecule has 0 aliphatic carbocycles. The zero-order chi connectivity index (χ0) is 15.4. The van der Waals surface area contributed by atoms with Gasteiger partial charge in [-0.15, -0.1) is 0 Å². The topological polar surface area (TPSA) is 38.0 Å². The van der Waals surface area contributed by atoms with Crippen LogP contribution in [0.5, 0.6) is 0 Å². The molecule has 0 radical (unpaired) electrons. The van der Waals surface area contributed by atoms with Crippen LogP contribution in [0.4, 0.5) is 4.39 Å². The maximum atomic E-state index is 13.9. The Labute approximate surface area is 130 Å². The van der Waals surface area contributed by atoms with E-state index in [0.29, 0.717) is 22.9 Å². The smallest absolute Gasteiger partial charge is 0.127 e. The zero-order valence-electron chi connectivity index (χ0n) is 12.2. The highest BCUT2D eigenvalue weighted by molar-refractivity contribution is 6.30. The number of nitrogens with one attached hydrogen (secondary N) is 1. The van der Waals surface area contributed by atoms with Crippen LogP contribution >= 0.6 is 11.6 Å². The summed E-state index contributed by atoms with van der Waals surface area (Å²) in [4.78, 5) is 0. The quantitative estimate of drug-likeness (QED) is 0.636. The summed E-state index contributed by atoms with van der Waals surface area (Å²) in [6.45, 7) is 4.30. The van der Waals surface area contributed by atoms with Crippen molar-refractivity contribution in [1.82, 2.24) is 5.43 Å². The summed E-state index contributed by atoms with van der Waals surface area (Å²) in [6, 6.07) is 12.8. The van der Waals surface area contributed by atoms with Crippen LogP contribution in [0.3, 0.4) is 0 Å². The molecule has 21 heavy (non-hydrogen) atoms. The number of hydrazine groups is 1. The lowest BCUT2D eigenvalue weighted by atomic mass is 9.96. The lowest BCUT2D eigenvalue weighted by Crippen LogP contribution is -2.29. The molecule has 4 heteroatoms. The van der Waals surface area contributed by atoms with Crippen LogP contribution in [0.2, 0.25) is 5.02 Å². The molecule has 0 saturated carbocycles. The largest absolute Gasteiger partial charge is 0.271 e. The van der Waals surface area contributed by atoms with Gasteiger partial charge in [-0.25, -0.2) is 4.39 Å². The van der Waals surface area contributed by atoms with Gasteiger partial charge in [0.05, 0.1) is 6.04 Å². The standard InChI is InChI=1S/C17H20ClFN2/c1-11(2)12-3-5-13(6-4-12)17(21-20)9-14-7-8-15(18)10-16(14)19/h3-8,10-11,17,21H,9,20H2,1-2H3. The molecular weight excluding hydrogens is 287 g/mol. The number of hydrogen-bond acceptors (Lipinski definition) is 2. The van der Waals surface area contributed by atoms with Gasteiger partial charge in [-0.3, -0.25) is 11.3 Å². The summed E-state index contributed by atoms with van der Waals surface area (Å²) >= 11 is 5.77. The van der Waals surface area contributed by atoms with Crippen molar-refractivity contribution in [2.45, 2.75) is 32.2 Å². The summed E-state index contributed by atoms with van der Waals surface area (Å²) < 4.78 is 13.9. The van der Waals surface area contributed by atoms with Crippen LogP contribution in [0.1, 0.15) is 42.5 Å². The molecule has 0 saturated heterocycles. The van der Waals surface area contributed by atoms with Gasteiger partial charge in [-0.05, 0) is 41.2 Å². The molecular formula is C17H20ClFN2. The van der Waals surface area contributed by atoms with Crippen LogP contribution in [0.25, 0.3) is 0 Å². The minimum absolute atomic E-state index is 0.137. The lowest BCUT2D eigenvalue weighted by molar-refractivity contribution is 0.529. The van der Waals surface area contributed by atoms with Crippen LogP contribution in [0, 0.1) is 5.82 Å². The van der Waals surface area contributed by atoms with Crippen molar-refractivity contribution in [3.8, 4) is 0 Å². The summed E-state index contributed by atoms with van der Waals surface area (Å²) in [5.74, 6) is 5.81. The van der Waals surface area contributed by atoms with E-state index in [1.165, 1.54) is 11.6 Å². The van der Waals surface area contributed by atoms with Gasteiger partial charge in [0.15, 0.2) is 0 Å². The predicted octanol–water partition coefficient (Wildman–Crippen LogP) is 4.35. The maximum absolute atomic E-state index is 13.9. The first kappa shape index (κ1) is 16.0. The third kappa shape index (κ3) is 4.03. The molecule has 0 aliphatic heterocycles. The van der Waals surface area contributed by atoms with Gasteiger partial charge < -0.3 is 0 Å². The second-order valence-electron chi connectivity index (χ2n) is 5.48. The summed E-state index contributed by atoms with van der Waals surface area (Å²) in [5.41, 5.74) is 5.66. The van der Waals surface area contributed by atoms with Crippen molar-refractivity contribution < 1.29 is 4.39 Å². The molecule has 2 aromatic rings. The fourth-order valence-corrected chi connectivity index (χ4v) is 2.45. The first-order valence-electron chi connectivity index (χ1n) is 7.01. The highest BCUT2D eigenvalue weighted by Crippen LogP contribution is 2.23. The summed E-state index contributed by atoms with van der Waals surface area (Å²) in [5, 5.41) is 0.398. The fraction of sp³-hybridized carbons (Fsp3) is 0.294. The SMILES string of the molecule is CC(C)c1ccc(C(Cc2ccc(Cl)cc2F)NN)cc1. The fourth-order valence-electron chi connectivity index (χ4n) is 2.29. The first-order valence-corrected chi connectivity index (χ1v) is 7.39. The molecule has 0 aromatic heterocycles. The second kappa shape index (κ2) is 7.03. The van der Waals surface area contributed by atoms with Crippen LogP contribution in [-0.4, -0.2) is 0 Å². The number of rotatable bonds is 5. The Hall–Kier alpha value is -1.42. The molecule has 112 valence electrons. The molecule has 0 fully saturated rings. The van der Waals surface area contributed by atoms with E-state index in [9.17, 15) is 4.39 Å². The Kier molecular flexibility index (Phi) is 5.34. The number of benzene rings is 2. The third-order valence-corrected chi connectivity index (χ3v) is 3.88. The highest BCUT2D eigenvalue weighted by Gasteiger charge is 2.14. The van der Waals surface area contributed by atoms with Gasteiger partial charge in [-0.2, -0.15) is 0 Å². The third-order valence-electron chi connectivity index (χ3n) is 3.65. The monoisotopic (exact) mass is 306 g/mol. The molecule has 0 spiro atoms. The van der Waals surface area contributed by atoms with Crippen molar-refractivity contribution in [1.29, 1.82) is 0 Å². The number of hydrogen-bond donors (Lipinski definition) is 2. The number of halogens is 2.